The standard InChI is InChI=1S/C26H20NO.C23H20NO.C13H24O2.Ir/c1-17(2)18-7-5-8-19(15-18)20-13-14-27-24(16-20)23-11-6-10-22-21-9-3-4-12-25(21)28-26(22)23;1-16(2)7-5-8-17-13-14-24-21(15-17)20-11-6-10-19-18-9-3-4-12-22(18)25-23(19)20;1-12(2,3)8-10(14)7-11(15)9-13(4,5)6;/h3-10,12-17H,1-2H3;3-7,9-10,12-16H,8H2,1-2H3;7,14H,8-9H2,1-6H3;/q2*-1;;/b;7-5+;10-7-;. The van der Waals surface area contributed by atoms with Gasteiger partial charge in [-0.2, -0.15) is 0 Å². The largest absolute Gasteiger partial charge is 0.512 e. The summed E-state index contributed by atoms with van der Waals surface area (Å²) in [5.41, 5.74) is 12.0. The number of hydrogen-bond donors (Lipinski definition) is 1. The van der Waals surface area contributed by atoms with Crippen LogP contribution in [0.1, 0.15) is 99.1 Å². The molecule has 69 heavy (non-hydrogen) atoms. The number of aliphatic hydroxyl groups excluding tert-OH is 1. The number of benzene rings is 5. The molecule has 7 heteroatoms. The van der Waals surface area contributed by atoms with Gasteiger partial charge in [-0.15, -0.1) is 36.4 Å². The molecular formula is C62H64IrN2O4-2. The summed E-state index contributed by atoms with van der Waals surface area (Å²) in [4.78, 5) is 20.7. The molecule has 0 unspecified atom stereocenters. The molecule has 0 spiro atoms. The van der Waals surface area contributed by atoms with Crippen molar-refractivity contribution in [1.29, 1.82) is 0 Å². The average molecular weight is 1090 g/mol. The van der Waals surface area contributed by atoms with E-state index in [4.69, 9.17) is 8.83 Å². The second-order valence-corrected chi connectivity index (χ2v) is 20.6. The monoisotopic (exact) mass is 1090 g/mol. The second-order valence-electron chi connectivity index (χ2n) is 20.6. The summed E-state index contributed by atoms with van der Waals surface area (Å²) in [5, 5.41) is 14.0. The Morgan fingerprint density at radius 1 is 0.638 bits per heavy atom. The molecule has 1 radical (unpaired) electrons. The van der Waals surface area contributed by atoms with E-state index in [1.807, 2.05) is 102 Å². The molecule has 357 valence electrons. The van der Waals surface area contributed by atoms with Crippen molar-refractivity contribution in [2.75, 3.05) is 0 Å². The molecule has 0 amide bonds. The summed E-state index contributed by atoms with van der Waals surface area (Å²) in [6.07, 6.45) is 11.5. The van der Waals surface area contributed by atoms with E-state index >= 15 is 0 Å². The average Bonchev–Trinajstić information content (AvgIpc) is 3.87. The van der Waals surface area contributed by atoms with Crippen molar-refractivity contribution in [2.45, 2.75) is 94.4 Å². The van der Waals surface area contributed by atoms with Gasteiger partial charge in [0.15, 0.2) is 5.78 Å². The molecule has 5 aromatic carbocycles. The summed E-state index contributed by atoms with van der Waals surface area (Å²) in [7, 11) is 0. The van der Waals surface area contributed by atoms with Gasteiger partial charge in [-0.05, 0) is 87.0 Å². The number of carbonyl (C=O) groups excluding carboxylic acids is 1. The Hall–Kier alpha value is -6.40. The molecule has 4 aromatic heterocycles. The van der Waals surface area contributed by atoms with Gasteiger partial charge in [-0.1, -0.05) is 176 Å². The number of nitrogens with zero attached hydrogens (tertiary/aromatic N) is 2. The van der Waals surface area contributed by atoms with Crippen LogP contribution in [0.4, 0.5) is 0 Å². The number of ketones is 1. The molecule has 0 aliphatic rings. The van der Waals surface area contributed by atoms with Crippen molar-refractivity contribution in [2.24, 2.45) is 16.7 Å². The van der Waals surface area contributed by atoms with Gasteiger partial charge in [0, 0.05) is 62.2 Å². The fourth-order valence-electron chi connectivity index (χ4n) is 8.15. The van der Waals surface area contributed by atoms with Crippen molar-refractivity contribution in [1.82, 2.24) is 9.97 Å². The molecule has 1 N–H and O–H groups in total. The first-order valence-electron chi connectivity index (χ1n) is 23.7. The van der Waals surface area contributed by atoms with Crippen molar-refractivity contribution < 1.29 is 38.8 Å². The second kappa shape index (κ2) is 22.8. The summed E-state index contributed by atoms with van der Waals surface area (Å²) in [5.74, 6) is 1.26. The SMILES string of the molecule is CC(C)(C)CC(=O)/C=C(\O)CC(C)(C)C.CC(C)/C=C/Cc1ccnc(-c2[c-]ccc3c2oc2ccccc23)c1.CC(C)c1cccc(-c2ccnc(-c3[c-]ccc4c3oc3ccccc34)c2)c1.[Ir]. The zero-order valence-electron chi connectivity index (χ0n) is 41.6. The summed E-state index contributed by atoms with van der Waals surface area (Å²) in [6.45, 7) is 20.9. The first kappa shape index (κ1) is 52.0. The van der Waals surface area contributed by atoms with Crippen LogP contribution in [0.5, 0.6) is 0 Å². The van der Waals surface area contributed by atoms with Crippen LogP contribution in [0.15, 0.2) is 167 Å². The number of rotatable bonds is 10. The van der Waals surface area contributed by atoms with Gasteiger partial charge in [0.1, 0.15) is 11.2 Å². The first-order valence-corrected chi connectivity index (χ1v) is 23.7. The molecular weight excluding hydrogens is 1030 g/mol. The first-order chi connectivity index (χ1) is 32.4. The fraction of sp³-hybridized carbons (Fsp3) is 0.274. The van der Waals surface area contributed by atoms with Gasteiger partial charge in [-0.3, -0.25) is 4.79 Å². The number of para-hydroxylation sites is 2. The van der Waals surface area contributed by atoms with Crippen LogP contribution < -0.4 is 0 Å². The van der Waals surface area contributed by atoms with Crippen LogP contribution in [0.3, 0.4) is 0 Å². The fourth-order valence-corrected chi connectivity index (χ4v) is 8.15. The molecule has 4 heterocycles. The minimum atomic E-state index is -0.0183. The summed E-state index contributed by atoms with van der Waals surface area (Å²) in [6, 6.07) is 48.0. The number of pyridine rings is 2. The maximum absolute atomic E-state index is 11.5. The number of hydrogen-bond acceptors (Lipinski definition) is 6. The van der Waals surface area contributed by atoms with Gasteiger partial charge in [-0.25, -0.2) is 0 Å². The predicted molar refractivity (Wildman–Crippen MR) is 283 cm³/mol. The van der Waals surface area contributed by atoms with E-state index in [0.29, 0.717) is 24.7 Å². The van der Waals surface area contributed by atoms with E-state index in [0.717, 1.165) is 78.4 Å². The topological polar surface area (TPSA) is 89.4 Å². The molecule has 0 aliphatic heterocycles. The van der Waals surface area contributed by atoms with Crippen LogP contribution in [-0.4, -0.2) is 20.9 Å². The van der Waals surface area contributed by atoms with Gasteiger partial charge in [0.05, 0.1) is 16.9 Å². The van der Waals surface area contributed by atoms with Gasteiger partial charge < -0.3 is 23.9 Å². The Balaban J connectivity index is 0.000000177. The van der Waals surface area contributed by atoms with E-state index in [1.54, 1.807) is 0 Å². The number of allylic oxidation sites excluding steroid dienone is 4. The third-order valence-electron chi connectivity index (χ3n) is 11.3. The van der Waals surface area contributed by atoms with Crippen molar-refractivity contribution in [3.05, 3.63) is 181 Å². The molecule has 0 saturated carbocycles. The van der Waals surface area contributed by atoms with Gasteiger partial charge in [0.2, 0.25) is 0 Å². The van der Waals surface area contributed by atoms with Gasteiger partial charge in [0.25, 0.3) is 0 Å². The maximum Gasteiger partial charge on any atom is 0.159 e. The quantitative estimate of drug-likeness (QED) is 0.0635. The third-order valence-corrected chi connectivity index (χ3v) is 11.3. The maximum atomic E-state index is 11.5. The molecule has 9 aromatic rings. The number of aromatic nitrogens is 2. The molecule has 0 saturated heterocycles. The predicted octanol–water partition coefficient (Wildman–Crippen LogP) is 17.3. The summed E-state index contributed by atoms with van der Waals surface area (Å²) < 4.78 is 12.3. The molecule has 0 atom stereocenters. The Labute approximate surface area is 422 Å². The zero-order valence-corrected chi connectivity index (χ0v) is 44.0. The smallest absolute Gasteiger partial charge is 0.159 e. The Bertz CT molecular complexity index is 3230. The third kappa shape index (κ3) is 13.9. The number of furan rings is 2. The van der Waals surface area contributed by atoms with Crippen LogP contribution in [0.25, 0.3) is 77.5 Å². The summed E-state index contributed by atoms with van der Waals surface area (Å²) >= 11 is 0. The van der Waals surface area contributed by atoms with E-state index in [9.17, 15) is 9.90 Å². The van der Waals surface area contributed by atoms with E-state index in [1.165, 1.54) is 22.8 Å². The van der Waals surface area contributed by atoms with Crippen LogP contribution in [0, 0.1) is 28.9 Å². The number of aliphatic hydroxyl groups is 1. The molecule has 6 nitrogen and oxygen atoms in total. The Kier molecular flexibility index (Phi) is 17.2. The van der Waals surface area contributed by atoms with Crippen molar-refractivity contribution >= 4 is 49.7 Å². The van der Waals surface area contributed by atoms with E-state index < -0.39 is 0 Å². The van der Waals surface area contributed by atoms with Crippen LogP contribution in [0.2, 0.25) is 0 Å². The van der Waals surface area contributed by atoms with Crippen LogP contribution in [-0.2, 0) is 31.3 Å². The zero-order chi connectivity index (χ0) is 48.6. The Morgan fingerprint density at radius 2 is 1.17 bits per heavy atom. The number of carbonyl (C=O) groups is 1. The minimum Gasteiger partial charge on any atom is -0.512 e. The number of fused-ring (bicyclic) bond motifs is 6. The van der Waals surface area contributed by atoms with Gasteiger partial charge >= 0.3 is 0 Å². The molecule has 0 bridgehead atoms. The molecule has 0 aliphatic carbocycles. The molecule has 0 fully saturated rings. The Morgan fingerprint density at radius 3 is 1.72 bits per heavy atom. The molecule has 9 rings (SSSR count). The van der Waals surface area contributed by atoms with Crippen molar-refractivity contribution in [3.63, 3.8) is 0 Å². The minimum absolute atomic E-state index is 0. The van der Waals surface area contributed by atoms with E-state index in [2.05, 4.69) is 135 Å². The normalized spacial score (nSPS) is 12.1. The van der Waals surface area contributed by atoms with Crippen molar-refractivity contribution in [3.8, 4) is 33.6 Å². The van der Waals surface area contributed by atoms with Crippen LogP contribution >= 0.6 is 0 Å². The van der Waals surface area contributed by atoms with E-state index in [-0.39, 0.29) is 42.5 Å².